The van der Waals surface area contributed by atoms with Gasteiger partial charge >= 0.3 is 0 Å². The number of ether oxygens (including phenoxy) is 1. The van der Waals surface area contributed by atoms with E-state index in [9.17, 15) is 0 Å². The Kier molecular flexibility index (Phi) is 6.41. The summed E-state index contributed by atoms with van der Waals surface area (Å²) in [5.74, 6) is 1.26. The summed E-state index contributed by atoms with van der Waals surface area (Å²) in [7, 11) is 0. The molecule has 1 aromatic heterocycles. The molecule has 1 aliphatic heterocycles. The quantitative estimate of drug-likeness (QED) is 0.171. The minimum absolute atomic E-state index is 0.0539. The summed E-state index contributed by atoms with van der Waals surface area (Å²) in [6.07, 6.45) is 8.71. The minimum Gasteiger partial charge on any atom is -0.484 e. The normalized spacial score (nSPS) is 16.1. The van der Waals surface area contributed by atoms with Gasteiger partial charge in [-0.3, -0.25) is 0 Å². The van der Waals surface area contributed by atoms with E-state index < -0.39 is 0 Å². The number of rotatable bonds is 4. The Morgan fingerprint density at radius 1 is 0.423 bits per heavy atom. The van der Waals surface area contributed by atoms with Crippen molar-refractivity contribution in [1.29, 1.82) is 0 Å². The van der Waals surface area contributed by atoms with Crippen molar-refractivity contribution >= 4 is 43.4 Å². The van der Waals surface area contributed by atoms with Crippen molar-refractivity contribution in [2.45, 2.75) is 12.0 Å². The number of hydrogen-bond donors (Lipinski definition) is 0. The molecule has 0 amide bonds. The van der Waals surface area contributed by atoms with Crippen LogP contribution in [0.15, 0.2) is 188 Å². The number of nitrogens with zero attached hydrogens (tertiary/aromatic N) is 1. The lowest BCUT2D eigenvalue weighted by Gasteiger charge is -2.19. The second-order valence-corrected chi connectivity index (χ2v) is 13.9. The second-order valence-electron chi connectivity index (χ2n) is 13.9. The van der Waals surface area contributed by atoms with Crippen LogP contribution in [-0.2, 0) is 0 Å². The van der Waals surface area contributed by atoms with Crippen LogP contribution >= 0.6 is 0 Å². The molecule has 0 bridgehead atoms. The van der Waals surface area contributed by atoms with E-state index in [0.717, 1.165) is 22.6 Å². The smallest absolute Gasteiger partial charge is 0.132 e. The van der Waals surface area contributed by atoms with E-state index in [1.54, 1.807) is 0 Å². The Hall–Kier alpha value is -6.64. The second kappa shape index (κ2) is 11.4. The van der Waals surface area contributed by atoms with Gasteiger partial charge in [0, 0.05) is 33.5 Å². The summed E-state index contributed by atoms with van der Waals surface area (Å²) in [4.78, 5) is 0. The first kappa shape index (κ1) is 29.1. The van der Waals surface area contributed by atoms with E-state index >= 15 is 0 Å². The molecule has 11 rings (SSSR count). The zero-order valence-electron chi connectivity index (χ0n) is 28.4. The molecule has 2 heteroatoms. The van der Waals surface area contributed by atoms with Crippen molar-refractivity contribution in [3.63, 3.8) is 0 Å². The third-order valence-corrected chi connectivity index (χ3v) is 11.1. The summed E-state index contributed by atoms with van der Waals surface area (Å²) < 4.78 is 9.00. The van der Waals surface area contributed by atoms with Crippen LogP contribution in [0.1, 0.15) is 11.5 Å². The van der Waals surface area contributed by atoms with Crippen LogP contribution in [0.3, 0.4) is 0 Å². The molecule has 2 atom stereocenters. The summed E-state index contributed by atoms with van der Waals surface area (Å²) in [5.41, 5.74) is 12.1. The van der Waals surface area contributed by atoms with Gasteiger partial charge < -0.3 is 9.30 Å². The standard InChI is InChI=1S/C50H33NO/c1-3-23-42-40(21-1)48(33-15-11-14-32(30-33)36-25-13-26-44-39-20-7-10-29-47(39)52-50(36)44)41-22-2-4-24-43(41)49(42)34-16-12-17-35(31-34)51-45-27-8-5-18-37(45)38-19-6-9-28-46(38)51/h1-31,39,47H. The van der Waals surface area contributed by atoms with Crippen molar-refractivity contribution in [2.75, 3.05) is 0 Å². The van der Waals surface area contributed by atoms with E-state index in [1.165, 1.54) is 71.2 Å². The molecule has 0 radical (unpaired) electrons. The van der Waals surface area contributed by atoms with Crippen molar-refractivity contribution < 1.29 is 4.74 Å². The molecule has 2 aliphatic rings. The van der Waals surface area contributed by atoms with Gasteiger partial charge in [-0.25, -0.2) is 0 Å². The zero-order chi connectivity index (χ0) is 34.2. The third kappa shape index (κ3) is 4.31. The lowest BCUT2D eigenvalue weighted by Crippen LogP contribution is -2.15. The topological polar surface area (TPSA) is 14.2 Å². The monoisotopic (exact) mass is 663 g/mol. The number of aromatic nitrogens is 1. The van der Waals surface area contributed by atoms with Gasteiger partial charge in [-0.2, -0.15) is 0 Å². The molecular formula is C50H33NO. The molecular weight excluding hydrogens is 631 g/mol. The van der Waals surface area contributed by atoms with E-state index in [1.807, 2.05) is 0 Å². The summed E-state index contributed by atoms with van der Waals surface area (Å²) in [6, 6.07) is 60.0. The van der Waals surface area contributed by atoms with Crippen molar-refractivity contribution in [3.05, 3.63) is 194 Å². The van der Waals surface area contributed by atoms with Gasteiger partial charge in [0.15, 0.2) is 0 Å². The van der Waals surface area contributed by atoms with Crippen LogP contribution in [0.4, 0.5) is 0 Å². The first-order valence-electron chi connectivity index (χ1n) is 18.1. The number of benzene rings is 8. The Labute approximate surface area is 302 Å². The number of fused-ring (bicyclic) bond motifs is 8. The van der Waals surface area contributed by atoms with Gasteiger partial charge in [0.1, 0.15) is 11.9 Å². The average molecular weight is 664 g/mol. The molecule has 1 aliphatic carbocycles. The van der Waals surface area contributed by atoms with E-state index in [4.69, 9.17) is 4.74 Å². The highest BCUT2D eigenvalue weighted by atomic mass is 16.5. The van der Waals surface area contributed by atoms with Crippen LogP contribution in [0.2, 0.25) is 0 Å². The molecule has 0 spiro atoms. The molecule has 2 nitrogen and oxygen atoms in total. The summed E-state index contributed by atoms with van der Waals surface area (Å²) in [5, 5.41) is 7.51. The molecule has 8 aromatic carbocycles. The number of para-hydroxylation sites is 3. The number of hydrogen-bond acceptors (Lipinski definition) is 1. The highest BCUT2D eigenvalue weighted by molar-refractivity contribution is 6.21. The van der Waals surface area contributed by atoms with E-state index in [0.29, 0.717) is 0 Å². The molecule has 0 fully saturated rings. The Morgan fingerprint density at radius 2 is 0.942 bits per heavy atom. The van der Waals surface area contributed by atoms with Gasteiger partial charge in [0.05, 0.1) is 11.0 Å². The van der Waals surface area contributed by atoms with Crippen LogP contribution in [0.25, 0.3) is 82.4 Å². The minimum atomic E-state index is 0.0539. The van der Waals surface area contributed by atoms with Gasteiger partial charge in [-0.15, -0.1) is 0 Å². The van der Waals surface area contributed by atoms with Gasteiger partial charge in [-0.1, -0.05) is 152 Å². The highest BCUT2D eigenvalue weighted by Gasteiger charge is 2.33. The largest absolute Gasteiger partial charge is 0.484 e. The fourth-order valence-corrected chi connectivity index (χ4v) is 8.89. The maximum Gasteiger partial charge on any atom is 0.132 e. The molecule has 2 unspecified atom stereocenters. The molecule has 2 heterocycles. The summed E-state index contributed by atoms with van der Waals surface area (Å²) in [6.45, 7) is 0. The fourth-order valence-electron chi connectivity index (χ4n) is 8.89. The van der Waals surface area contributed by atoms with Crippen LogP contribution in [-0.4, -0.2) is 10.7 Å². The van der Waals surface area contributed by atoms with Crippen molar-refractivity contribution in [1.82, 2.24) is 4.57 Å². The van der Waals surface area contributed by atoms with Crippen molar-refractivity contribution in [3.8, 4) is 44.8 Å². The highest BCUT2D eigenvalue weighted by Crippen LogP contribution is 2.48. The first-order valence-corrected chi connectivity index (χ1v) is 18.1. The maximum absolute atomic E-state index is 6.59. The molecule has 0 saturated heterocycles. The van der Waals surface area contributed by atoms with E-state index in [-0.39, 0.29) is 12.0 Å². The van der Waals surface area contributed by atoms with Gasteiger partial charge in [0.25, 0.3) is 0 Å². The molecule has 52 heavy (non-hydrogen) atoms. The van der Waals surface area contributed by atoms with Crippen LogP contribution in [0, 0.1) is 0 Å². The lowest BCUT2D eigenvalue weighted by molar-refractivity contribution is 0.270. The molecule has 0 saturated carbocycles. The van der Waals surface area contributed by atoms with Crippen molar-refractivity contribution in [2.24, 2.45) is 0 Å². The first-order chi connectivity index (χ1) is 25.8. The number of allylic oxidation sites excluding steroid dienone is 2. The average Bonchev–Trinajstić information content (AvgIpc) is 3.76. The fraction of sp³-hybridized carbons (Fsp3) is 0.0400. The zero-order valence-corrected chi connectivity index (χ0v) is 28.4. The predicted octanol–water partition coefficient (Wildman–Crippen LogP) is 13.1. The van der Waals surface area contributed by atoms with E-state index in [2.05, 4.69) is 193 Å². The predicted molar refractivity (Wildman–Crippen MR) is 218 cm³/mol. The Bertz CT molecular complexity index is 2850. The Morgan fingerprint density at radius 3 is 1.60 bits per heavy atom. The van der Waals surface area contributed by atoms with Crippen LogP contribution in [0.5, 0.6) is 5.75 Å². The third-order valence-electron chi connectivity index (χ3n) is 11.1. The lowest BCUT2D eigenvalue weighted by atomic mass is 9.85. The SMILES string of the molecule is C1=CC2Oc3c(-c4cccc(-c5c6ccccc6c(-c6cccc(-n7c8ccccc8c8ccccc87)c6)c6ccccc56)c4)cccc3C2C=C1. The Balaban J connectivity index is 1.11. The van der Waals surface area contributed by atoms with Gasteiger partial charge in [0.2, 0.25) is 0 Å². The van der Waals surface area contributed by atoms with Crippen LogP contribution < -0.4 is 4.74 Å². The van der Waals surface area contributed by atoms with Gasteiger partial charge in [-0.05, 0) is 85.8 Å². The molecule has 244 valence electrons. The maximum atomic E-state index is 6.59. The molecule has 0 N–H and O–H groups in total. The molecule has 9 aromatic rings. The summed E-state index contributed by atoms with van der Waals surface area (Å²) >= 11 is 0.